The van der Waals surface area contributed by atoms with Crippen LogP contribution in [-0.4, -0.2) is 52.8 Å². The van der Waals surface area contributed by atoms with E-state index in [4.69, 9.17) is 20.0 Å². The number of anilines is 2. The molecule has 31 heavy (non-hydrogen) atoms. The summed E-state index contributed by atoms with van der Waals surface area (Å²) in [5.74, 6) is 0.221. The number of rotatable bonds is 5. The number of nitrogen functional groups attached to an aromatic ring is 1. The summed E-state index contributed by atoms with van der Waals surface area (Å²) in [5.41, 5.74) is 10.3. The molecule has 0 unspecified atom stereocenters. The molecule has 0 saturated carbocycles. The summed E-state index contributed by atoms with van der Waals surface area (Å²) in [6.45, 7) is 2.69. The van der Waals surface area contributed by atoms with Crippen LogP contribution in [0.25, 0.3) is 22.6 Å². The number of carboxylic acid groups (broad SMARTS) is 1. The normalized spacial score (nSPS) is 14.7. The van der Waals surface area contributed by atoms with Crippen molar-refractivity contribution < 1.29 is 23.8 Å². The molecule has 1 aliphatic rings. The van der Waals surface area contributed by atoms with Crippen LogP contribution < -0.4 is 11.1 Å². The molecular formula is C22H24N4O5. The number of carbonyl (C=O) groups is 2. The van der Waals surface area contributed by atoms with Gasteiger partial charge in [0.2, 0.25) is 11.8 Å². The van der Waals surface area contributed by atoms with Gasteiger partial charge in [0.05, 0.1) is 6.10 Å². The Kier molecular flexibility index (Phi) is 5.77. The van der Waals surface area contributed by atoms with Crippen LogP contribution in [0.4, 0.5) is 16.2 Å². The Labute approximate surface area is 178 Å². The molecule has 4 rings (SSSR count). The van der Waals surface area contributed by atoms with Crippen molar-refractivity contribution in [3.8, 4) is 11.5 Å². The number of aryl methyl sites for hydroxylation is 1. The maximum absolute atomic E-state index is 12.2. The highest BCUT2D eigenvalue weighted by atomic mass is 16.5. The number of amides is 2. The Morgan fingerprint density at radius 3 is 2.65 bits per heavy atom. The third-order valence-corrected chi connectivity index (χ3v) is 5.28. The number of nitrogens with one attached hydrogen (secondary N) is 1. The van der Waals surface area contributed by atoms with Gasteiger partial charge in [-0.15, -0.1) is 0 Å². The first-order valence-corrected chi connectivity index (χ1v) is 10.1. The fourth-order valence-corrected chi connectivity index (χ4v) is 3.65. The lowest BCUT2D eigenvalue weighted by Gasteiger charge is -2.29. The Morgan fingerprint density at radius 2 is 1.97 bits per heavy atom. The van der Waals surface area contributed by atoms with Crippen LogP contribution in [0.3, 0.4) is 0 Å². The average Bonchev–Trinajstić information content (AvgIpc) is 3.17. The number of likely N-dealkylation sites (tertiary alicyclic amines) is 1. The Morgan fingerprint density at radius 1 is 1.26 bits per heavy atom. The van der Waals surface area contributed by atoms with Crippen molar-refractivity contribution in [2.24, 2.45) is 0 Å². The second-order valence-corrected chi connectivity index (χ2v) is 7.61. The number of piperidine rings is 1. The number of aromatic nitrogens is 1. The first kappa shape index (κ1) is 20.7. The summed E-state index contributed by atoms with van der Waals surface area (Å²) in [6, 6.07) is 10.8. The molecule has 0 radical (unpaired) electrons. The van der Waals surface area contributed by atoms with Crippen LogP contribution >= 0.6 is 0 Å². The van der Waals surface area contributed by atoms with Gasteiger partial charge in [0.25, 0.3) is 0 Å². The summed E-state index contributed by atoms with van der Waals surface area (Å²) in [6.07, 6.45) is 0.144. The van der Waals surface area contributed by atoms with Crippen molar-refractivity contribution in [1.82, 2.24) is 9.88 Å². The molecule has 2 heterocycles. The predicted molar refractivity (Wildman–Crippen MR) is 116 cm³/mol. The highest BCUT2D eigenvalue weighted by Crippen LogP contribution is 2.28. The summed E-state index contributed by atoms with van der Waals surface area (Å²) in [5, 5.41) is 11.8. The maximum atomic E-state index is 12.2. The van der Waals surface area contributed by atoms with Crippen LogP contribution in [-0.2, 0) is 9.53 Å². The lowest BCUT2D eigenvalue weighted by Crippen LogP contribution is -2.40. The van der Waals surface area contributed by atoms with E-state index in [1.165, 1.54) is 4.90 Å². The monoisotopic (exact) mass is 424 g/mol. The third-order valence-electron chi connectivity index (χ3n) is 5.28. The second kappa shape index (κ2) is 8.65. The lowest BCUT2D eigenvalue weighted by molar-refractivity contribution is -0.123. The molecular weight excluding hydrogens is 400 g/mol. The second-order valence-electron chi connectivity index (χ2n) is 7.61. The molecule has 1 saturated heterocycles. The van der Waals surface area contributed by atoms with Crippen molar-refractivity contribution in [3.63, 3.8) is 0 Å². The van der Waals surface area contributed by atoms with Crippen molar-refractivity contribution in [2.45, 2.75) is 25.9 Å². The minimum Gasteiger partial charge on any atom is -0.465 e. The first-order valence-electron chi connectivity index (χ1n) is 10.1. The number of nitrogens with two attached hydrogens (primary N) is 1. The van der Waals surface area contributed by atoms with Gasteiger partial charge in [-0.25, -0.2) is 9.78 Å². The number of hydrogen-bond acceptors (Lipinski definition) is 6. The molecule has 0 bridgehead atoms. The summed E-state index contributed by atoms with van der Waals surface area (Å²) >= 11 is 0. The Balaban J connectivity index is 1.32. The minimum atomic E-state index is -0.920. The maximum Gasteiger partial charge on any atom is 0.407 e. The molecule has 4 N–H and O–H groups in total. The van der Waals surface area contributed by atoms with Crippen LogP contribution in [0.2, 0.25) is 0 Å². The smallest absolute Gasteiger partial charge is 0.407 e. The van der Waals surface area contributed by atoms with Crippen LogP contribution in [0.15, 0.2) is 40.8 Å². The van der Waals surface area contributed by atoms with E-state index in [0.717, 1.165) is 11.1 Å². The molecule has 9 nitrogen and oxygen atoms in total. The summed E-state index contributed by atoms with van der Waals surface area (Å²) < 4.78 is 11.5. The van der Waals surface area contributed by atoms with E-state index < -0.39 is 6.09 Å². The van der Waals surface area contributed by atoms with Gasteiger partial charge in [-0.05, 0) is 61.7 Å². The van der Waals surface area contributed by atoms with Crippen LogP contribution in [0.1, 0.15) is 18.4 Å². The summed E-state index contributed by atoms with van der Waals surface area (Å²) in [4.78, 5) is 29.0. The van der Waals surface area contributed by atoms with Gasteiger partial charge in [0, 0.05) is 30.0 Å². The molecule has 2 amide bonds. The van der Waals surface area contributed by atoms with Gasteiger partial charge in [0.1, 0.15) is 12.1 Å². The molecule has 9 heteroatoms. The van der Waals surface area contributed by atoms with Crippen LogP contribution in [0, 0.1) is 6.92 Å². The topological polar surface area (TPSA) is 131 Å². The van der Waals surface area contributed by atoms with Crippen molar-refractivity contribution in [3.05, 3.63) is 42.0 Å². The highest BCUT2D eigenvalue weighted by molar-refractivity contribution is 5.92. The van der Waals surface area contributed by atoms with Crippen LogP contribution in [0.5, 0.6) is 0 Å². The first-order chi connectivity index (χ1) is 14.9. The molecule has 2 aromatic carbocycles. The molecule has 0 spiro atoms. The number of hydrogen-bond donors (Lipinski definition) is 3. The molecule has 1 fully saturated rings. The van der Waals surface area contributed by atoms with E-state index in [2.05, 4.69) is 10.3 Å². The molecule has 1 aromatic heterocycles. The SMILES string of the molecule is Cc1cc(N)cc2nc(-c3ccc(NC(=O)COC4CCN(C(=O)O)CC4)cc3)oc12. The number of benzene rings is 2. The average molecular weight is 424 g/mol. The van der Waals surface area contributed by atoms with E-state index in [1.807, 2.05) is 25.1 Å². The predicted octanol–water partition coefficient (Wildman–Crippen LogP) is 3.48. The molecule has 1 aliphatic heterocycles. The van der Waals surface area contributed by atoms with Gasteiger partial charge in [0.15, 0.2) is 5.58 Å². The van der Waals surface area contributed by atoms with Crippen molar-refractivity contribution in [2.75, 3.05) is 30.7 Å². The largest absolute Gasteiger partial charge is 0.465 e. The zero-order valence-corrected chi connectivity index (χ0v) is 17.1. The standard InChI is InChI=1S/C22H24N4O5/c1-13-10-15(23)11-18-20(13)31-21(25-18)14-2-4-16(5-3-14)24-19(27)12-30-17-6-8-26(9-7-17)22(28)29/h2-5,10-11,17H,6-9,12,23H2,1H3,(H,24,27)(H,28,29). The fraction of sp³-hybridized carbons (Fsp3) is 0.318. The number of carbonyl (C=O) groups excluding carboxylic acids is 1. The summed E-state index contributed by atoms with van der Waals surface area (Å²) in [7, 11) is 0. The fourth-order valence-electron chi connectivity index (χ4n) is 3.65. The number of ether oxygens (including phenoxy) is 1. The Bertz CT molecular complexity index is 1100. The zero-order chi connectivity index (χ0) is 22.0. The van der Waals surface area contributed by atoms with E-state index >= 15 is 0 Å². The number of nitrogens with zero attached hydrogens (tertiary/aromatic N) is 2. The van der Waals surface area contributed by atoms with Gasteiger partial charge in [-0.2, -0.15) is 0 Å². The quantitative estimate of drug-likeness (QED) is 0.534. The van der Waals surface area contributed by atoms with E-state index in [-0.39, 0.29) is 18.6 Å². The molecule has 3 aromatic rings. The van der Waals surface area contributed by atoms with E-state index in [9.17, 15) is 9.59 Å². The number of fused-ring (bicyclic) bond motifs is 1. The third kappa shape index (κ3) is 4.77. The molecule has 162 valence electrons. The Hall–Kier alpha value is -3.59. The van der Waals surface area contributed by atoms with E-state index in [1.54, 1.807) is 18.2 Å². The zero-order valence-electron chi connectivity index (χ0n) is 17.1. The van der Waals surface area contributed by atoms with Crippen molar-refractivity contribution >= 4 is 34.5 Å². The minimum absolute atomic E-state index is 0.0781. The van der Waals surface area contributed by atoms with Gasteiger partial charge < -0.3 is 30.2 Å². The highest BCUT2D eigenvalue weighted by Gasteiger charge is 2.23. The van der Waals surface area contributed by atoms with Gasteiger partial charge >= 0.3 is 6.09 Å². The van der Waals surface area contributed by atoms with Gasteiger partial charge in [-0.1, -0.05) is 0 Å². The molecule has 0 atom stereocenters. The lowest BCUT2D eigenvalue weighted by atomic mass is 10.1. The number of oxazole rings is 1. The van der Waals surface area contributed by atoms with Crippen molar-refractivity contribution in [1.29, 1.82) is 0 Å². The molecule has 0 aliphatic carbocycles. The van der Waals surface area contributed by atoms with Gasteiger partial charge in [-0.3, -0.25) is 4.79 Å². The van der Waals surface area contributed by atoms with E-state index in [0.29, 0.717) is 54.3 Å².